The number of carbonyl (C=O) groups is 2. The van der Waals surface area contributed by atoms with E-state index in [0.29, 0.717) is 18.6 Å². The molecule has 0 bridgehead atoms. The number of nitro groups is 1. The largest absolute Gasteiger partial charge is 0.349 e. The number of non-ortho nitro benzene ring substituents is 1. The number of rotatable bonds is 9. The van der Waals surface area contributed by atoms with Crippen LogP contribution in [0, 0.1) is 10.1 Å². The molecule has 0 unspecified atom stereocenters. The first-order chi connectivity index (χ1) is 13.7. The maximum atomic E-state index is 12.3. The Hall–Kier alpha value is -2.85. The molecule has 9 nitrogen and oxygen atoms in total. The fraction of sp³-hybridized carbons (Fsp3) is 0.421. The number of anilines is 1. The lowest BCUT2D eigenvalue weighted by atomic mass is 10.2. The summed E-state index contributed by atoms with van der Waals surface area (Å²) in [6.45, 7) is 9.65. The molecule has 0 aliphatic carbocycles. The summed E-state index contributed by atoms with van der Waals surface area (Å²) < 4.78 is 0. The molecule has 2 amide bonds. The van der Waals surface area contributed by atoms with Crippen molar-refractivity contribution in [3.63, 3.8) is 0 Å². The summed E-state index contributed by atoms with van der Waals surface area (Å²) in [5, 5.41) is 18.0. The van der Waals surface area contributed by atoms with E-state index in [-0.39, 0.29) is 28.0 Å². The van der Waals surface area contributed by atoms with E-state index >= 15 is 0 Å². The molecule has 2 rings (SSSR count). The van der Waals surface area contributed by atoms with E-state index in [1.54, 1.807) is 5.38 Å². The third-order valence-corrected chi connectivity index (χ3v) is 5.02. The number of hydrogen-bond donors (Lipinski definition) is 2. The third kappa shape index (κ3) is 6.33. The summed E-state index contributed by atoms with van der Waals surface area (Å²) >= 11 is 1.11. The fourth-order valence-electron chi connectivity index (χ4n) is 2.87. The molecule has 2 aromatic rings. The molecule has 1 heterocycles. The first kappa shape index (κ1) is 22.4. The number of nitro benzene ring substituents is 1. The zero-order valence-corrected chi connectivity index (χ0v) is 17.7. The zero-order valence-electron chi connectivity index (χ0n) is 16.8. The van der Waals surface area contributed by atoms with Crippen LogP contribution in [0.5, 0.6) is 0 Å². The summed E-state index contributed by atoms with van der Waals surface area (Å²) in [7, 11) is 0. The Morgan fingerprint density at radius 2 is 1.90 bits per heavy atom. The summed E-state index contributed by atoms with van der Waals surface area (Å²) in [6.07, 6.45) is 0. The van der Waals surface area contributed by atoms with Gasteiger partial charge in [0.05, 0.1) is 4.92 Å². The van der Waals surface area contributed by atoms with Crippen molar-refractivity contribution in [1.29, 1.82) is 0 Å². The van der Waals surface area contributed by atoms with Crippen molar-refractivity contribution >= 4 is 34.0 Å². The zero-order chi connectivity index (χ0) is 21.6. The molecule has 0 aliphatic heterocycles. The molecule has 1 aromatic carbocycles. The Labute approximate surface area is 173 Å². The predicted molar refractivity (Wildman–Crippen MR) is 112 cm³/mol. The Kier molecular flexibility index (Phi) is 7.80. The molecule has 10 heteroatoms. The van der Waals surface area contributed by atoms with E-state index in [0.717, 1.165) is 17.9 Å². The maximum absolute atomic E-state index is 12.3. The molecule has 0 radical (unpaired) electrons. The molecule has 156 valence electrons. The standard InChI is InChI=1S/C19H25N5O4S/c1-12(2)23(13(3)4)9-8-20-18(26)16-11-29-19(21-16)22-17(25)14-6-5-7-15(10-14)24(27)28/h5-7,10-13H,8-9H2,1-4H3,(H,20,26)(H,21,22,25). The average Bonchev–Trinajstić information content (AvgIpc) is 3.13. The van der Waals surface area contributed by atoms with E-state index < -0.39 is 10.8 Å². The van der Waals surface area contributed by atoms with Crippen molar-refractivity contribution < 1.29 is 14.5 Å². The molecule has 0 aliphatic rings. The Balaban J connectivity index is 1.93. The number of carbonyl (C=O) groups excluding carboxylic acids is 2. The van der Waals surface area contributed by atoms with Crippen LogP contribution in [-0.4, -0.2) is 51.8 Å². The van der Waals surface area contributed by atoms with Gasteiger partial charge in [-0.05, 0) is 33.8 Å². The highest BCUT2D eigenvalue weighted by atomic mass is 32.1. The molecule has 2 N–H and O–H groups in total. The van der Waals surface area contributed by atoms with Crippen LogP contribution in [0.4, 0.5) is 10.8 Å². The lowest BCUT2D eigenvalue weighted by Crippen LogP contribution is -2.42. The van der Waals surface area contributed by atoms with E-state index in [1.165, 1.54) is 24.3 Å². The summed E-state index contributed by atoms with van der Waals surface area (Å²) in [4.78, 5) is 41.2. The number of thiazole rings is 1. The predicted octanol–water partition coefficient (Wildman–Crippen LogP) is 3.15. The maximum Gasteiger partial charge on any atom is 0.270 e. The highest BCUT2D eigenvalue weighted by Crippen LogP contribution is 2.18. The third-order valence-electron chi connectivity index (χ3n) is 4.26. The van der Waals surface area contributed by atoms with Crippen LogP contribution in [-0.2, 0) is 0 Å². The van der Waals surface area contributed by atoms with Gasteiger partial charge in [0.1, 0.15) is 5.69 Å². The number of aromatic nitrogens is 1. The second-order valence-corrected chi connectivity index (χ2v) is 7.84. The molecule has 0 saturated carbocycles. The van der Waals surface area contributed by atoms with E-state index in [9.17, 15) is 19.7 Å². The second kappa shape index (κ2) is 10.1. The Bertz CT molecular complexity index is 873. The van der Waals surface area contributed by atoms with Gasteiger partial charge in [0, 0.05) is 48.2 Å². The normalized spacial score (nSPS) is 11.1. The van der Waals surface area contributed by atoms with Crippen LogP contribution in [0.2, 0.25) is 0 Å². The molecule has 0 atom stereocenters. The van der Waals surface area contributed by atoms with Gasteiger partial charge in [-0.2, -0.15) is 0 Å². The first-order valence-electron chi connectivity index (χ1n) is 9.24. The SMILES string of the molecule is CC(C)N(CCNC(=O)c1csc(NC(=O)c2cccc([N+](=O)[O-])c2)n1)C(C)C. The fourth-order valence-corrected chi connectivity index (χ4v) is 3.55. The van der Waals surface area contributed by atoms with Crippen molar-refractivity contribution in [3.8, 4) is 0 Å². The van der Waals surface area contributed by atoms with E-state index in [4.69, 9.17) is 0 Å². The van der Waals surface area contributed by atoms with Crippen molar-refractivity contribution in [1.82, 2.24) is 15.2 Å². The highest BCUT2D eigenvalue weighted by Gasteiger charge is 2.17. The van der Waals surface area contributed by atoms with Crippen LogP contribution in [0.15, 0.2) is 29.6 Å². The van der Waals surface area contributed by atoms with Gasteiger partial charge in [0.15, 0.2) is 5.13 Å². The molecule has 0 fully saturated rings. The van der Waals surface area contributed by atoms with Crippen LogP contribution in [0.25, 0.3) is 0 Å². The summed E-state index contributed by atoms with van der Waals surface area (Å²) in [5.41, 5.74) is 0.182. The minimum atomic E-state index is -0.567. The summed E-state index contributed by atoms with van der Waals surface area (Å²) in [6, 6.07) is 6.15. The van der Waals surface area contributed by atoms with Gasteiger partial charge >= 0.3 is 0 Å². The molecule has 29 heavy (non-hydrogen) atoms. The highest BCUT2D eigenvalue weighted by molar-refractivity contribution is 7.14. The number of hydrogen-bond acceptors (Lipinski definition) is 7. The van der Waals surface area contributed by atoms with Gasteiger partial charge in [0.2, 0.25) is 0 Å². The lowest BCUT2D eigenvalue weighted by Gasteiger charge is -2.30. The van der Waals surface area contributed by atoms with Crippen molar-refractivity contribution in [2.24, 2.45) is 0 Å². The van der Waals surface area contributed by atoms with Gasteiger partial charge in [-0.15, -0.1) is 11.3 Å². The van der Waals surface area contributed by atoms with Crippen molar-refractivity contribution in [2.45, 2.75) is 39.8 Å². The molecule has 1 aromatic heterocycles. The van der Waals surface area contributed by atoms with E-state index in [1.807, 2.05) is 0 Å². The minimum Gasteiger partial charge on any atom is -0.349 e. The van der Waals surface area contributed by atoms with Gasteiger partial charge < -0.3 is 5.32 Å². The number of benzene rings is 1. The first-order valence-corrected chi connectivity index (χ1v) is 10.1. The van der Waals surface area contributed by atoms with Gasteiger partial charge in [-0.3, -0.25) is 29.9 Å². The number of amides is 2. The minimum absolute atomic E-state index is 0.142. The van der Waals surface area contributed by atoms with Crippen LogP contribution >= 0.6 is 11.3 Å². The van der Waals surface area contributed by atoms with Crippen LogP contribution < -0.4 is 10.6 Å². The Morgan fingerprint density at radius 1 is 1.21 bits per heavy atom. The summed E-state index contributed by atoms with van der Waals surface area (Å²) in [5.74, 6) is -0.843. The molecule has 0 saturated heterocycles. The molecule has 0 spiro atoms. The lowest BCUT2D eigenvalue weighted by molar-refractivity contribution is -0.384. The van der Waals surface area contributed by atoms with Gasteiger partial charge in [0.25, 0.3) is 17.5 Å². The number of nitrogens with zero attached hydrogens (tertiary/aromatic N) is 3. The second-order valence-electron chi connectivity index (χ2n) is 6.98. The quantitative estimate of drug-likeness (QED) is 0.476. The van der Waals surface area contributed by atoms with Crippen LogP contribution in [0.1, 0.15) is 48.5 Å². The van der Waals surface area contributed by atoms with Crippen LogP contribution in [0.3, 0.4) is 0 Å². The monoisotopic (exact) mass is 419 g/mol. The Morgan fingerprint density at radius 3 is 2.52 bits per heavy atom. The topological polar surface area (TPSA) is 117 Å². The molecular formula is C19H25N5O4S. The van der Waals surface area contributed by atoms with Gasteiger partial charge in [-0.25, -0.2) is 4.98 Å². The smallest absolute Gasteiger partial charge is 0.270 e. The van der Waals surface area contributed by atoms with E-state index in [2.05, 4.69) is 48.2 Å². The number of nitrogens with one attached hydrogen (secondary N) is 2. The molecular weight excluding hydrogens is 394 g/mol. The average molecular weight is 420 g/mol. The van der Waals surface area contributed by atoms with Crippen molar-refractivity contribution in [2.75, 3.05) is 18.4 Å². The van der Waals surface area contributed by atoms with Gasteiger partial charge in [-0.1, -0.05) is 6.07 Å². The van der Waals surface area contributed by atoms with Crippen molar-refractivity contribution in [3.05, 3.63) is 51.0 Å².